The van der Waals surface area contributed by atoms with Gasteiger partial charge in [0.25, 0.3) is 5.91 Å². The lowest BCUT2D eigenvalue weighted by Crippen LogP contribution is -2.55. The fourth-order valence-electron chi connectivity index (χ4n) is 6.52. The lowest BCUT2D eigenvalue weighted by Gasteiger charge is -2.44. The lowest BCUT2D eigenvalue weighted by atomic mass is 9.82. The number of unbranched alkanes of at least 4 members (excludes halogenated alkanes) is 8. The van der Waals surface area contributed by atoms with Gasteiger partial charge in [0.15, 0.2) is 12.3 Å². The lowest BCUT2D eigenvalue weighted by molar-refractivity contribution is -0.262. The molecule has 2 fully saturated rings. The molecule has 10 N–H and O–H groups in total. The number of alkyl halides is 1. The molecule has 0 bridgehead atoms. The fourth-order valence-corrected chi connectivity index (χ4v) is 10.5. The van der Waals surface area contributed by atoms with Crippen LogP contribution in [0, 0.1) is 11.8 Å². The third kappa shape index (κ3) is 13.9. The number of phosphoric acid groups is 1. The van der Waals surface area contributed by atoms with E-state index in [2.05, 4.69) is 6.92 Å². The summed E-state index contributed by atoms with van der Waals surface area (Å²) in [5.74, 6) is -3.71. The summed E-state index contributed by atoms with van der Waals surface area (Å²) in [6, 6.07) is 0. The van der Waals surface area contributed by atoms with Crippen LogP contribution < -0.4 is 17.2 Å². The monoisotopic (exact) mass is 879 g/mol. The maximum atomic E-state index is 15.6. The molecule has 5 unspecified atom stereocenters. The molecule has 0 radical (unpaired) electrons. The topological polar surface area (TPSA) is 292 Å². The number of phosphoric ester groups is 1. The highest BCUT2D eigenvalue weighted by Gasteiger charge is 2.51. The molecule has 18 nitrogen and oxygen atoms in total. The van der Waals surface area contributed by atoms with Gasteiger partial charge in [-0.05, 0) is 24.1 Å². The van der Waals surface area contributed by atoms with Gasteiger partial charge in [0.1, 0.15) is 35.9 Å². The minimum atomic E-state index is -5.48. The molecule has 3 rings (SSSR count). The summed E-state index contributed by atoms with van der Waals surface area (Å²) in [6.07, 6.45) is -3.13. The van der Waals surface area contributed by atoms with Crippen LogP contribution in [0.2, 0.25) is 0 Å². The van der Waals surface area contributed by atoms with Crippen LogP contribution in [-0.4, -0.2) is 94.0 Å². The van der Waals surface area contributed by atoms with Gasteiger partial charge in [-0.3, -0.25) is 18.9 Å². The number of hydrogen-bond donors (Lipinski definition) is 7. The largest absolute Gasteiger partial charge is 0.481 e. The second-order valence-corrected chi connectivity index (χ2v) is 19.5. The Morgan fingerprint density at radius 3 is 2.16 bits per heavy atom. The maximum absolute atomic E-state index is 15.6. The molecule has 2 aliphatic rings. The Morgan fingerprint density at radius 1 is 0.982 bits per heavy atom. The van der Waals surface area contributed by atoms with Crippen LogP contribution in [-0.2, 0) is 58.3 Å². The van der Waals surface area contributed by atoms with E-state index in [0.717, 1.165) is 43.9 Å². The summed E-state index contributed by atoms with van der Waals surface area (Å²) in [7, 11) is -5.48. The van der Waals surface area contributed by atoms with E-state index in [0.29, 0.717) is 6.42 Å². The Morgan fingerprint density at radius 2 is 1.59 bits per heavy atom. The van der Waals surface area contributed by atoms with Crippen LogP contribution in [0.3, 0.4) is 0 Å². The molecule has 12 atom stereocenters. The van der Waals surface area contributed by atoms with Crippen molar-refractivity contribution in [2.24, 2.45) is 17.6 Å². The molecule has 3 heterocycles. The van der Waals surface area contributed by atoms with E-state index in [1.54, 1.807) is 13.8 Å². The quantitative estimate of drug-likeness (QED) is 0.0459. The average molecular weight is 880 g/mol. The van der Waals surface area contributed by atoms with Gasteiger partial charge in [-0.15, -0.1) is 11.3 Å². The number of hydrogen-bond acceptors (Lipinski definition) is 17. The normalized spacial score (nSPS) is 29.3. The molecule has 0 spiro atoms. The van der Waals surface area contributed by atoms with Gasteiger partial charge in [-0.2, -0.15) is 0 Å². The predicted molar refractivity (Wildman–Crippen MR) is 206 cm³/mol. The molecule has 23 heteroatoms. The molecule has 1 amide bonds. The van der Waals surface area contributed by atoms with Crippen LogP contribution >= 0.6 is 25.9 Å². The van der Waals surface area contributed by atoms with Gasteiger partial charge >= 0.3 is 26.5 Å². The van der Waals surface area contributed by atoms with Crippen molar-refractivity contribution in [1.82, 2.24) is 0 Å². The van der Waals surface area contributed by atoms with Gasteiger partial charge in [-0.1, -0.05) is 72.1 Å². The van der Waals surface area contributed by atoms with E-state index < -0.39 is 107 Å². The van der Waals surface area contributed by atoms with E-state index >= 15 is 4.39 Å². The summed E-state index contributed by atoms with van der Waals surface area (Å²) >= 11 is 5.62. The standard InChI is InChI=1S/C33H56FN3O15P2S2/c1-5-6-7-8-9-10-11-12-13-14-22(39)46-15-20(34)27-17(2)18(3)28(48-19(4)38)33(50-27)51-53(43,44)52-54(45,55)47-16-21-25(40)26(41)29(49-21)23-24(35)30(31(36)42)56-32(23)37/h17-18,20-21,25-29,33,40-41H,5-16,35,37H2,1-4H3,(H2,36,42)(H,43,44)(H,45,55)/t17-,18?,20-,21+,25-,26?,27?,28+,29-,33-,54?/m0/s1. The molecule has 56 heavy (non-hydrogen) atoms. The Kier molecular flexibility index (Phi) is 19.0. The minimum absolute atomic E-state index is 0.00905. The van der Waals surface area contributed by atoms with Gasteiger partial charge in [-0.25, -0.2) is 13.3 Å². The first kappa shape index (κ1) is 48.5. The van der Waals surface area contributed by atoms with Crippen molar-refractivity contribution in [2.75, 3.05) is 24.7 Å². The number of thiophene rings is 1. The van der Waals surface area contributed by atoms with Crippen LogP contribution in [0.25, 0.3) is 0 Å². The zero-order valence-corrected chi connectivity index (χ0v) is 35.3. The van der Waals surface area contributed by atoms with Crippen LogP contribution in [0.1, 0.15) is 113 Å². The van der Waals surface area contributed by atoms with Gasteiger partial charge < -0.3 is 60.7 Å². The van der Waals surface area contributed by atoms with Crippen LogP contribution in [0.5, 0.6) is 0 Å². The zero-order valence-electron chi connectivity index (χ0n) is 31.9. The first-order chi connectivity index (χ1) is 26.2. The van der Waals surface area contributed by atoms with E-state index in [1.807, 2.05) is 0 Å². The molecule has 0 aromatic carbocycles. The molecular weight excluding hydrogens is 823 g/mol. The first-order valence-corrected chi connectivity index (χ1v) is 23.4. The molecule has 0 saturated carbocycles. The van der Waals surface area contributed by atoms with Gasteiger partial charge in [0.2, 0.25) is 6.29 Å². The summed E-state index contributed by atoms with van der Waals surface area (Å²) in [6.45, 7) is 0.178. The summed E-state index contributed by atoms with van der Waals surface area (Å²) < 4.78 is 65.6. The summed E-state index contributed by atoms with van der Waals surface area (Å²) in [5, 5.41) is 21.2. The molecule has 1 aromatic rings. The Hall–Kier alpha value is -1.84. The highest BCUT2D eigenvalue weighted by Crippen LogP contribution is 2.62. The van der Waals surface area contributed by atoms with Crippen molar-refractivity contribution >= 4 is 66.2 Å². The molecule has 0 aliphatic carbocycles. The van der Waals surface area contributed by atoms with E-state index in [9.17, 15) is 38.9 Å². The summed E-state index contributed by atoms with van der Waals surface area (Å²) in [4.78, 5) is 57.2. The smallest absolute Gasteiger partial charge is 0.462 e. The number of aliphatic hydroxyl groups is 2. The molecular formula is C33H56FN3O15P2S2. The number of aliphatic hydroxyl groups excluding tert-OH is 2. The van der Waals surface area contributed by atoms with Crippen molar-refractivity contribution in [3.8, 4) is 0 Å². The second kappa shape index (κ2) is 22.0. The minimum Gasteiger partial charge on any atom is -0.462 e. The number of rotatable bonds is 23. The third-order valence-electron chi connectivity index (χ3n) is 9.70. The second-order valence-electron chi connectivity index (χ2n) is 14.0. The number of ether oxygens (including phenoxy) is 4. The number of halogens is 1. The predicted octanol–water partition coefficient (Wildman–Crippen LogP) is 4.27. The Bertz CT molecular complexity index is 1580. The number of carbonyl (C=O) groups excluding carboxylic acids is 3. The number of carbonyl (C=O) groups is 3. The van der Waals surface area contributed by atoms with E-state index in [4.69, 9.17) is 61.3 Å². The van der Waals surface area contributed by atoms with Gasteiger partial charge in [0.05, 0.1) is 23.4 Å². The number of nitrogen functional groups attached to an aromatic ring is 2. The van der Waals surface area contributed by atoms with E-state index in [1.165, 1.54) is 25.7 Å². The highest BCUT2D eigenvalue weighted by atomic mass is 32.5. The van der Waals surface area contributed by atoms with Crippen molar-refractivity contribution in [3.63, 3.8) is 0 Å². The van der Waals surface area contributed by atoms with Crippen LogP contribution in [0.4, 0.5) is 15.1 Å². The van der Waals surface area contributed by atoms with Crippen LogP contribution in [0.15, 0.2) is 0 Å². The average Bonchev–Trinajstić information content (AvgIpc) is 3.56. The van der Waals surface area contributed by atoms with Crippen molar-refractivity contribution in [2.45, 2.75) is 141 Å². The molecule has 322 valence electrons. The highest BCUT2D eigenvalue weighted by molar-refractivity contribution is 8.08. The number of primary amides is 1. The van der Waals surface area contributed by atoms with Crippen molar-refractivity contribution in [3.05, 3.63) is 10.4 Å². The third-order valence-corrected chi connectivity index (χ3v) is 14.3. The Balaban J connectivity index is 1.58. The molecule has 1 aromatic heterocycles. The maximum Gasteiger partial charge on any atom is 0.481 e. The fraction of sp³-hybridized carbons (Fsp3) is 0.788. The molecule has 2 saturated heterocycles. The zero-order chi connectivity index (χ0) is 42.0. The van der Waals surface area contributed by atoms with E-state index in [-0.39, 0.29) is 27.5 Å². The van der Waals surface area contributed by atoms with Gasteiger partial charge in [0, 0.05) is 24.8 Å². The van der Waals surface area contributed by atoms with Crippen molar-refractivity contribution < 1.29 is 75.6 Å². The number of anilines is 2. The number of esters is 2. The number of nitrogens with two attached hydrogens (primary N) is 3. The SMILES string of the molecule is CCCCCCCCCCCC(=O)OC[C@H](F)C1O[C@@H](OP(=O)(O)OP(O)(=S)OC[C@H]2O[C@@H](c3c(N)sc(C(N)=O)c3N)C(O)[C@H]2O)[C@H](OC(C)=O)C(C)[C@@H]1C. The number of amides is 1. The summed E-state index contributed by atoms with van der Waals surface area (Å²) in [5.41, 5.74) is 17.1. The Labute approximate surface area is 334 Å². The van der Waals surface area contributed by atoms with Crippen molar-refractivity contribution in [1.29, 1.82) is 0 Å². The molecule has 2 aliphatic heterocycles. The first-order valence-electron chi connectivity index (χ1n) is 18.5.